The molecule has 5 heteroatoms. The molecule has 0 bridgehead atoms. The number of carbonyl (C=O) groups is 2. The molecule has 0 aliphatic carbocycles. The van der Waals surface area contributed by atoms with E-state index in [4.69, 9.17) is 0 Å². The number of amides is 1. The number of halogens is 1. The Morgan fingerprint density at radius 2 is 1.95 bits per heavy atom. The van der Waals surface area contributed by atoms with Crippen LogP contribution < -0.4 is 0 Å². The van der Waals surface area contributed by atoms with Gasteiger partial charge in [0.2, 0.25) is 5.91 Å². The number of hydrogen-bond acceptors (Lipinski definition) is 3. The lowest BCUT2D eigenvalue weighted by molar-refractivity contribution is -0.145. The van der Waals surface area contributed by atoms with E-state index in [1.54, 1.807) is 32.2 Å². The summed E-state index contributed by atoms with van der Waals surface area (Å²) in [5, 5.41) is 0. The second-order valence-corrected chi connectivity index (χ2v) is 4.53. The number of nitrogens with zero attached hydrogens (tertiary/aromatic N) is 1. The van der Waals surface area contributed by atoms with E-state index in [0.29, 0.717) is 0 Å². The zero-order valence-corrected chi connectivity index (χ0v) is 11.8. The van der Waals surface area contributed by atoms with Crippen molar-refractivity contribution in [3.05, 3.63) is 41.7 Å². The molecule has 0 saturated heterocycles. The van der Waals surface area contributed by atoms with Crippen molar-refractivity contribution >= 4 is 18.0 Å². The third kappa shape index (κ3) is 4.84. The van der Waals surface area contributed by atoms with Gasteiger partial charge in [0.05, 0.1) is 13.0 Å². The second kappa shape index (κ2) is 7.43. The van der Waals surface area contributed by atoms with Crippen LogP contribution in [0.1, 0.15) is 12.5 Å². The Morgan fingerprint density at radius 3 is 2.50 bits per heavy atom. The highest BCUT2D eigenvalue weighted by Crippen LogP contribution is 2.06. The first-order valence-electron chi connectivity index (χ1n) is 6.20. The van der Waals surface area contributed by atoms with Crippen LogP contribution in [-0.4, -0.2) is 37.5 Å². The number of ether oxygens (including phenoxy) is 1. The van der Waals surface area contributed by atoms with Gasteiger partial charge in [-0.2, -0.15) is 0 Å². The van der Waals surface area contributed by atoms with Crippen LogP contribution in [0.2, 0.25) is 0 Å². The fraction of sp³-hybridized carbons (Fsp3) is 0.333. The van der Waals surface area contributed by atoms with E-state index in [0.717, 1.165) is 5.56 Å². The van der Waals surface area contributed by atoms with E-state index in [1.807, 2.05) is 0 Å². The summed E-state index contributed by atoms with van der Waals surface area (Å²) >= 11 is 0. The van der Waals surface area contributed by atoms with Gasteiger partial charge in [0, 0.05) is 19.7 Å². The highest BCUT2D eigenvalue weighted by atomic mass is 19.1. The number of likely N-dealkylation sites (N-methyl/N-ethyl adjacent to an activating group) is 1. The second-order valence-electron chi connectivity index (χ2n) is 4.53. The number of carbonyl (C=O) groups excluding carboxylic acids is 2. The van der Waals surface area contributed by atoms with Gasteiger partial charge in [-0.15, -0.1) is 0 Å². The quantitative estimate of drug-likeness (QED) is 0.612. The number of esters is 1. The average Bonchev–Trinajstić information content (AvgIpc) is 2.45. The number of methoxy groups -OCH3 is 1. The van der Waals surface area contributed by atoms with Crippen molar-refractivity contribution in [3.63, 3.8) is 0 Å². The van der Waals surface area contributed by atoms with Crippen LogP contribution in [0, 0.1) is 11.7 Å². The van der Waals surface area contributed by atoms with Crippen molar-refractivity contribution in [1.82, 2.24) is 4.90 Å². The molecule has 4 nitrogen and oxygen atoms in total. The van der Waals surface area contributed by atoms with Crippen LogP contribution in [0.15, 0.2) is 30.3 Å². The summed E-state index contributed by atoms with van der Waals surface area (Å²) < 4.78 is 17.3. The maximum absolute atomic E-state index is 12.7. The van der Waals surface area contributed by atoms with Crippen LogP contribution in [0.5, 0.6) is 0 Å². The zero-order chi connectivity index (χ0) is 15.1. The average molecular weight is 279 g/mol. The number of benzene rings is 1. The van der Waals surface area contributed by atoms with Gasteiger partial charge in [0.15, 0.2) is 0 Å². The predicted octanol–water partition coefficient (Wildman–Crippen LogP) is 2.11. The van der Waals surface area contributed by atoms with Gasteiger partial charge in [0.1, 0.15) is 5.82 Å². The minimum atomic E-state index is -0.381. The summed E-state index contributed by atoms with van der Waals surface area (Å²) in [4.78, 5) is 24.5. The molecule has 0 aliphatic heterocycles. The van der Waals surface area contributed by atoms with E-state index >= 15 is 0 Å². The van der Waals surface area contributed by atoms with Gasteiger partial charge >= 0.3 is 5.97 Å². The first-order chi connectivity index (χ1) is 9.43. The van der Waals surface area contributed by atoms with Crippen molar-refractivity contribution in [2.24, 2.45) is 5.92 Å². The molecule has 1 unspecified atom stereocenters. The van der Waals surface area contributed by atoms with Crippen molar-refractivity contribution in [2.45, 2.75) is 6.92 Å². The third-order valence-corrected chi connectivity index (χ3v) is 2.82. The Hall–Kier alpha value is -2.17. The predicted molar refractivity (Wildman–Crippen MR) is 74.3 cm³/mol. The summed E-state index contributed by atoms with van der Waals surface area (Å²) in [7, 11) is 2.92. The molecule has 0 radical (unpaired) electrons. The van der Waals surface area contributed by atoms with Gasteiger partial charge in [-0.05, 0) is 23.8 Å². The van der Waals surface area contributed by atoms with Gasteiger partial charge in [0.25, 0.3) is 0 Å². The Labute approximate surface area is 117 Å². The Balaban J connectivity index is 2.57. The molecule has 0 aliphatic rings. The van der Waals surface area contributed by atoms with E-state index in [-0.39, 0.29) is 30.2 Å². The summed E-state index contributed by atoms with van der Waals surface area (Å²) in [6.07, 6.45) is 2.98. The van der Waals surface area contributed by atoms with Crippen molar-refractivity contribution < 1.29 is 18.7 Å². The first-order valence-corrected chi connectivity index (χ1v) is 6.20. The normalized spacial score (nSPS) is 12.2. The highest BCUT2D eigenvalue weighted by molar-refractivity contribution is 5.91. The van der Waals surface area contributed by atoms with Crippen molar-refractivity contribution in [1.29, 1.82) is 0 Å². The maximum Gasteiger partial charge on any atom is 0.310 e. The lowest BCUT2D eigenvalue weighted by Gasteiger charge is -2.18. The third-order valence-electron chi connectivity index (χ3n) is 2.82. The molecule has 0 aromatic heterocycles. The molecule has 0 saturated carbocycles. The van der Waals surface area contributed by atoms with E-state index in [1.165, 1.54) is 30.2 Å². The largest absolute Gasteiger partial charge is 0.469 e. The fourth-order valence-corrected chi connectivity index (χ4v) is 1.65. The monoisotopic (exact) mass is 279 g/mol. The van der Waals surface area contributed by atoms with E-state index in [2.05, 4.69) is 4.74 Å². The smallest absolute Gasteiger partial charge is 0.310 e. The maximum atomic E-state index is 12.7. The van der Waals surface area contributed by atoms with E-state index in [9.17, 15) is 14.0 Å². The van der Waals surface area contributed by atoms with Gasteiger partial charge in [-0.3, -0.25) is 9.59 Å². The number of hydrogen-bond donors (Lipinski definition) is 0. The van der Waals surface area contributed by atoms with Crippen LogP contribution in [0.4, 0.5) is 4.39 Å². The minimum Gasteiger partial charge on any atom is -0.469 e. The summed E-state index contributed by atoms with van der Waals surface area (Å²) in [6.45, 7) is 1.97. The lowest BCUT2D eigenvalue weighted by Crippen LogP contribution is -2.33. The highest BCUT2D eigenvalue weighted by Gasteiger charge is 2.17. The molecule has 1 aromatic rings. The zero-order valence-electron chi connectivity index (χ0n) is 11.8. The Bertz CT molecular complexity index is 496. The topological polar surface area (TPSA) is 46.6 Å². The molecule has 0 fully saturated rings. The Morgan fingerprint density at radius 1 is 1.35 bits per heavy atom. The minimum absolute atomic E-state index is 0.231. The van der Waals surface area contributed by atoms with Crippen LogP contribution in [0.3, 0.4) is 0 Å². The van der Waals surface area contributed by atoms with Crippen molar-refractivity contribution in [3.8, 4) is 0 Å². The molecule has 20 heavy (non-hydrogen) atoms. The number of rotatable bonds is 5. The van der Waals surface area contributed by atoms with Crippen LogP contribution in [-0.2, 0) is 14.3 Å². The molecule has 1 aromatic carbocycles. The molecular weight excluding hydrogens is 261 g/mol. The van der Waals surface area contributed by atoms with Crippen LogP contribution in [0.25, 0.3) is 6.08 Å². The van der Waals surface area contributed by atoms with Gasteiger partial charge < -0.3 is 9.64 Å². The molecule has 1 rings (SSSR count). The molecule has 1 atom stereocenters. The molecular formula is C15H18FNO3. The molecule has 1 amide bonds. The fourth-order valence-electron chi connectivity index (χ4n) is 1.65. The molecule has 108 valence electrons. The first kappa shape index (κ1) is 15.9. The molecule has 0 spiro atoms. The van der Waals surface area contributed by atoms with Crippen molar-refractivity contribution in [2.75, 3.05) is 20.7 Å². The summed E-state index contributed by atoms with van der Waals surface area (Å²) in [5.74, 6) is -1.29. The Kier molecular flexibility index (Phi) is 5.90. The summed E-state index contributed by atoms with van der Waals surface area (Å²) in [5.41, 5.74) is 0.731. The lowest BCUT2D eigenvalue weighted by atomic mass is 10.1. The van der Waals surface area contributed by atoms with E-state index < -0.39 is 0 Å². The SMILES string of the molecule is COC(=O)C(C)CN(C)C(=O)/C=C/c1ccc(F)cc1. The molecule has 0 N–H and O–H groups in total. The van der Waals surface area contributed by atoms with Crippen LogP contribution >= 0.6 is 0 Å². The van der Waals surface area contributed by atoms with Gasteiger partial charge in [-0.25, -0.2) is 4.39 Å². The van der Waals surface area contributed by atoms with Gasteiger partial charge in [-0.1, -0.05) is 19.1 Å². The summed E-state index contributed by atoms with van der Waals surface area (Å²) in [6, 6.07) is 5.81. The standard InChI is InChI=1S/C15H18FNO3/c1-11(15(19)20-3)10-17(2)14(18)9-6-12-4-7-13(16)8-5-12/h4-9,11H,10H2,1-3H3/b9-6+. The molecule has 0 heterocycles.